The van der Waals surface area contributed by atoms with Crippen LogP contribution < -0.4 is 5.14 Å². The molecule has 7 heteroatoms. The minimum atomic E-state index is -3.77. The predicted octanol–water partition coefficient (Wildman–Crippen LogP) is 2.98. The Labute approximate surface area is 162 Å². The van der Waals surface area contributed by atoms with Gasteiger partial charge in [0.15, 0.2) is 0 Å². The molecule has 0 aliphatic heterocycles. The Balaban J connectivity index is 1.83. The van der Waals surface area contributed by atoms with Crippen molar-refractivity contribution in [2.24, 2.45) is 5.14 Å². The summed E-state index contributed by atoms with van der Waals surface area (Å²) in [6.45, 7) is 1.89. The zero-order valence-corrected chi connectivity index (χ0v) is 15.8. The third-order valence-electron chi connectivity index (χ3n) is 4.34. The average molecular weight is 388 g/mol. The number of nitrogens with one attached hydrogen (secondary N) is 1. The molecule has 0 bridgehead atoms. The summed E-state index contributed by atoms with van der Waals surface area (Å²) in [4.78, 5) is 4.42. The zero-order chi connectivity index (χ0) is 19.7. The zero-order valence-electron chi connectivity index (χ0n) is 15.0. The summed E-state index contributed by atoms with van der Waals surface area (Å²) in [6, 6.07) is 16.0. The van der Waals surface area contributed by atoms with Crippen molar-refractivity contribution in [3.63, 3.8) is 0 Å². The summed E-state index contributed by atoms with van der Waals surface area (Å²) in [6.07, 6.45) is 1.75. The fourth-order valence-corrected chi connectivity index (χ4v) is 3.53. The average Bonchev–Trinajstić information content (AvgIpc) is 3.06. The van der Waals surface area contributed by atoms with Crippen LogP contribution in [0.15, 0.2) is 65.7 Å². The third kappa shape index (κ3) is 3.39. The summed E-state index contributed by atoms with van der Waals surface area (Å²) in [5, 5.41) is 13.6. The van der Waals surface area contributed by atoms with Gasteiger partial charge < -0.3 is 0 Å². The van der Waals surface area contributed by atoms with Gasteiger partial charge in [0.2, 0.25) is 10.0 Å². The van der Waals surface area contributed by atoms with Gasteiger partial charge in [0.05, 0.1) is 16.0 Å². The van der Waals surface area contributed by atoms with Crippen LogP contribution in [0.5, 0.6) is 0 Å². The minimum Gasteiger partial charge on any atom is -0.281 e. The van der Waals surface area contributed by atoms with Crippen LogP contribution in [0.25, 0.3) is 22.2 Å². The smallest absolute Gasteiger partial charge is 0.238 e. The Kier molecular flexibility index (Phi) is 4.43. The highest BCUT2D eigenvalue weighted by Crippen LogP contribution is 2.29. The quantitative estimate of drug-likeness (QED) is 0.515. The lowest BCUT2D eigenvalue weighted by atomic mass is 10.0. The first-order chi connectivity index (χ1) is 13.4. The van der Waals surface area contributed by atoms with Crippen LogP contribution in [0.4, 0.5) is 0 Å². The second kappa shape index (κ2) is 6.93. The van der Waals surface area contributed by atoms with E-state index in [-0.39, 0.29) is 4.90 Å². The van der Waals surface area contributed by atoms with Crippen LogP contribution in [0, 0.1) is 18.8 Å². The molecule has 0 saturated heterocycles. The van der Waals surface area contributed by atoms with Crippen LogP contribution in [0.1, 0.15) is 16.8 Å². The van der Waals surface area contributed by atoms with E-state index in [1.165, 1.54) is 12.1 Å². The van der Waals surface area contributed by atoms with Crippen molar-refractivity contribution < 1.29 is 8.42 Å². The van der Waals surface area contributed by atoms with E-state index >= 15 is 0 Å². The van der Waals surface area contributed by atoms with Gasteiger partial charge in [-0.2, -0.15) is 5.10 Å². The normalized spacial score (nSPS) is 11.2. The van der Waals surface area contributed by atoms with Crippen molar-refractivity contribution in [1.29, 1.82) is 0 Å². The predicted molar refractivity (Wildman–Crippen MR) is 108 cm³/mol. The first-order valence-corrected chi connectivity index (χ1v) is 10.0. The number of aromatic amines is 1. The molecule has 0 aliphatic carbocycles. The number of nitrogens with two attached hydrogens (primary N) is 1. The fraction of sp³-hybridized carbons (Fsp3) is 0.0476. The molecule has 2 aromatic heterocycles. The molecule has 2 heterocycles. The second-order valence-electron chi connectivity index (χ2n) is 6.27. The van der Waals surface area contributed by atoms with E-state index in [1.54, 1.807) is 18.3 Å². The number of fused-ring (bicyclic) bond motifs is 1. The van der Waals surface area contributed by atoms with Gasteiger partial charge in [0, 0.05) is 28.4 Å². The molecule has 138 valence electrons. The van der Waals surface area contributed by atoms with E-state index in [4.69, 9.17) is 5.14 Å². The molecule has 3 N–H and O–H groups in total. The number of aryl methyl sites for hydroxylation is 1. The van der Waals surface area contributed by atoms with E-state index in [1.807, 2.05) is 37.3 Å². The van der Waals surface area contributed by atoms with Gasteiger partial charge >= 0.3 is 0 Å². The summed E-state index contributed by atoms with van der Waals surface area (Å²) in [5.74, 6) is 6.13. The molecule has 0 atom stereocenters. The van der Waals surface area contributed by atoms with E-state index in [2.05, 4.69) is 27.0 Å². The first-order valence-electron chi connectivity index (χ1n) is 8.47. The highest BCUT2D eigenvalue weighted by molar-refractivity contribution is 7.89. The molecule has 6 nitrogen and oxygen atoms in total. The molecule has 28 heavy (non-hydrogen) atoms. The number of sulfonamides is 1. The summed E-state index contributed by atoms with van der Waals surface area (Å²) in [5.41, 5.74) is 4.66. The van der Waals surface area contributed by atoms with E-state index in [0.717, 1.165) is 33.4 Å². The summed E-state index contributed by atoms with van der Waals surface area (Å²) < 4.78 is 23.1. The topological polar surface area (TPSA) is 102 Å². The first kappa shape index (κ1) is 17.9. The highest BCUT2D eigenvalue weighted by Gasteiger charge is 2.13. The van der Waals surface area contributed by atoms with Crippen LogP contribution in [-0.2, 0) is 10.0 Å². The molecular formula is C21H16N4O2S. The summed E-state index contributed by atoms with van der Waals surface area (Å²) >= 11 is 0. The molecule has 0 unspecified atom stereocenters. The van der Waals surface area contributed by atoms with Crippen molar-refractivity contribution >= 4 is 20.9 Å². The number of pyridine rings is 1. The molecular weight excluding hydrogens is 372 g/mol. The van der Waals surface area contributed by atoms with E-state index < -0.39 is 10.0 Å². The fourth-order valence-electron chi connectivity index (χ4n) is 2.97. The number of H-pyrrole nitrogens is 1. The van der Waals surface area contributed by atoms with Crippen LogP contribution in [-0.4, -0.2) is 23.6 Å². The third-order valence-corrected chi connectivity index (χ3v) is 5.25. The van der Waals surface area contributed by atoms with E-state index in [9.17, 15) is 8.42 Å². The highest BCUT2D eigenvalue weighted by atomic mass is 32.2. The Bertz CT molecular complexity index is 1360. The van der Waals surface area contributed by atoms with Gasteiger partial charge in [-0.05, 0) is 37.3 Å². The number of nitrogens with zero attached hydrogens (tertiary/aromatic N) is 2. The monoisotopic (exact) mass is 388 g/mol. The Morgan fingerprint density at radius 2 is 1.86 bits per heavy atom. The molecule has 0 spiro atoms. The molecule has 2 aromatic carbocycles. The molecule has 0 amide bonds. The number of aromatic nitrogens is 3. The lowest BCUT2D eigenvalue weighted by molar-refractivity contribution is 0.598. The molecule has 0 aliphatic rings. The molecule has 4 aromatic rings. The number of primary sulfonamides is 1. The maximum atomic E-state index is 11.5. The van der Waals surface area contributed by atoms with Gasteiger partial charge in [0.25, 0.3) is 0 Å². The standard InChI is InChI=1S/C21H16N4O2S/c1-14-17(11-10-15-5-2-6-16(13-15)28(22,26)27)21(25-24-14)19-7-3-9-20-18(19)8-4-12-23-20/h2-9,12-13H,1H3,(H,24,25)(H2,22,26,27). The van der Waals surface area contributed by atoms with Gasteiger partial charge in [-0.15, -0.1) is 0 Å². The molecule has 0 saturated carbocycles. The Morgan fingerprint density at radius 1 is 1.04 bits per heavy atom. The van der Waals surface area contributed by atoms with Crippen molar-refractivity contribution in [3.8, 4) is 23.1 Å². The SMILES string of the molecule is Cc1[nH]nc(-c2cccc3ncccc23)c1C#Cc1cccc(S(N)(=O)=O)c1. The van der Waals surface area contributed by atoms with Crippen LogP contribution >= 0.6 is 0 Å². The second-order valence-corrected chi connectivity index (χ2v) is 7.83. The van der Waals surface area contributed by atoms with Crippen LogP contribution in [0.2, 0.25) is 0 Å². The van der Waals surface area contributed by atoms with Crippen LogP contribution in [0.3, 0.4) is 0 Å². The lowest BCUT2D eigenvalue weighted by Gasteiger charge is -2.04. The van der Waals surface area contributed by atoms with Gasteiger partial charge in [-0.25, -0.2) is 13.6 Å². The lowest BCUT2D eigenvalue weighted by Crippen LogP contribution is -2.11. The van der Waals surface area contributed by atoms with Crippen molar-refractivity contribution in [2.75, 3.05) is 0 Å². The number of rotatable bonds is 2. The van der Waals surface area contributed by atoms with Gasteiger partial charge in [0.1, 0.15) is 5.69 Å². The maximum absolute atomic E-state index is 11.5. The molecule has 0 fully saturated rings. The van der Waals surface area contributed by atoms with Gasteiger partial charge in [-0.1, -0.05) is 36.1 Å². The Hall–Kier alpha value is -3.47. The van der Waals surface area contributed by atoms with Crippen molar-refractivity contribution in [2.45, 2.75) is 11.8 Å². The maximum Gasteiger partial charge on any atom is 0.238 e. The Morgan fingerprint density at radius 3 is 2.68 bits per heavy atom. The van der Waals surface area contributed by atoms with Crippen molar-refractivity contribution in [3.05, 3.63) is 77.6 Å². The molecule has 4 rings (SSSR count). The summed E-state index contributed by atoms with van der Waals surface area (Å²) in [7, 11) is -3.77. The largest absolute Gasteiger partial charge is 0.281 e. The number of benzene rings is 2. The number of hydrogen-bond donors (Lipinski definition) is 2. The minimum absolute atomic E-state index is 0.0311. The van der Waals surface area contributed by atoms with Crippen molar-refractivity contribution in [1.82, 2.24) is 15.2 Å². The van der Waals surface area contributed by atoms with Gasteiger partial charge in [-0.3, -0.25) is 10.1 Å². The van der Waals surface area contributed by atoms with E-state index in [0.29, 0.717) is 5.56 Å². The number of hydrogen-bond acceptors (Lipinski definition) is 4. The molecule has 0 radical (unpaired) electrons.